The molecule has 290 valence electrons. The molecular formula is C57H35N3O2. The molecule has 12 rings (SSSR count). The van der Waals surface area contributed by atoms with E-state index in [1.165, 1.54) is 0 Å². The largest absolute Gasteiger partial charge is 0.455 e. The number of hydrogen-bond donors (Lipinski definition) is 0. The molecule has 0 bridgehead atoms. The van der Waals surface area contributed by atoms with E-state index in [0.717, 1.165) is 105 Å². The van der Waals surface area contributed by atoms with Crippen LogP contribution in [0.15, 0.2) is 221 Å². The average Bonchev–Trinajstić information content (AvgIpc) is 3.94. The maximum absolute atomic E-state index is 6.72. The first-order valence-corrected chi connectivity index (χ1v) is 20.8. The van der Waals surface area contributed by atoms with Crippen molar-refractivity contribution < 1.29 is 8.83 Å². The summed E-state index contributed by atoms with van der Waals surface area (Å²) in [6.07, 6.45) is 0. The summed E-state index contributed by atoms with van der Waals surface area (Å²) in [4.78, 5) is 15.1. The Bertz CT molecular complexity index is 3380. The summed E-state index contributed by atoms with van der Waals surface area (Å²) in [7, 11) is 0. The van der Waals surface area contributed by atoms with Gasteiger partial charge in [0.2, 0.25) is 0 Å². The predicted octanol–water partition coefficient (Wildman–Crippen LogP) is 15.3. The second-order valence-electron chi connectivity index (χ2n) is 15.5. The van der Waals surface area contributed by atoms with Gasteiger partial charge >= 0.3 is 0 Å². The Kier molecular flexibility index (Phi) is 8.42. The first kappa shape index (κ1) is 35.5. The van der Waals surface area contributed by atoms with E-state index in [1.807, 2.05) is 42.5 Å². The number of hydrogen-bond acceptors (Lipinski definition) is 5. The van der Waals surface area contributed by atoms with Crippen molar-refractivity contribution in [1.82, 2.24) is 15.0 Å². The molecule has 0 aliphatic heterocycles. The SMILES string of the molecule is c1ccc(-c2nc(-c3ccc(-c4cccc5c4oc4c(-c6ccccc6)cccc45)cc3)nc(-c3ccc(-c4cccc5c4oc4c(-c6ccccc6)cccc45)cc3)n2)cc1. The minimum atomic E-state index is 0.597. The molecule has 3 aromatic heterocycles. The molecule has 0 atom stereocenters. The lowest BCUT2D eigenvalue weighted by atomic mass is 9.99. The molecule has 62 heavy (non-hydrogen) atoms. The fourth-order valence-corrected chi connectivity index (χ4v) is 8.73. The summed E-state index contributed by atoms with van der Waals surface area (Å²) < 4.78 is 13.4. The van der Waals surface area contributed by atoms with Crippen molar-refractivity contribution in [2.24, 2.45) is 0 Å². The predicted molar refractivity (Wildman–Crippen MR) is 252 cm³/mol. The molecule has 0 spiro atoms. The van der Waals surface area contributed by atoms with Crippen molar-refractivity contribution in [3.8, 4) is 78.7 Å². The average molecular weight is 794 g/mol. The van der Waals surface area contributed by atoms with Crippen molar-refractivity contribution in [1.29, 1.82) is 0 Å². The summed E-state index contributed by atoms with van der Waals surface area (Å²) in [6, 6.07) is 73.2. The van der Waals surface area contributed by atoms with Crippen LogP contribution in [0.2, 0.25) is 0 Å². The molecule has 0 saturated carbocycles. The van der Waals surface area contributed by atoms with E-state index in [0.29, 0.717) is 17.5 Å². The fourth-order valence-electron chi connectivity index (χ4n) is 8.73. The highest BCUT2D eigenvalue weighted by atomic mass is 16.3. The lowest BCUT2D eigenvalue weighted by molar-refractivity contribution is 0.670. The Labute approximate surface area is 357 Å². The van der Waals surface area contributed by atoms with Crippen LogP contribution in [-0.2, 0) is 0 Å². The first-order chi connectivity index (χ1) is 30.7. The molecule has 0 amide bonds. The van der Waals surface area contributed by atoms with Crippen LogP contribution in [0.5, 0.6) is 0 Å². The van der Waals surface area contributed by atoms with E-state index in [4.69, 9.17) is 23.8 Å². The van der Waals surface area contributed by atoms with Crippen LogP contribution >= 0.6 is 0 Å². The second kappa shape index (κ2) is 14.7. The number of rotatable bonds is 7. The first-order valence-electron chi connectivity index (χ1n) is 20.8. The maximum atomic E-state index is 6.72. The third kappa shape index (κ3) is 6.06. The van der Waals surface area contributed by atoms with Gasteiger partial charge in [-0.1, -0.05) is 212 Å². The summed E-state index contributed by atoms with van der Waals surface area (Å²) in [5.74, 6) is 1.81. The van der Waals surface area contributed by atoms with E-state index in [1.54, 1.807) is 0 Å². The van der Waals surface area contributed by atoms with Gasteiger partial charge < -0.3 is 8.83 Å². The van der Waals surface area contributed by atoms with Crippen LogP contribution in [0.3, 0.4) is 0 Å². The zero-order valence-corrected chi connectivity index (χ0v) is 33.4. The third-order valence-electron chi connectivity index (χ3n) is 11.8. The molecule has 0 aliphatic rings. The number of nitrogens with zero attached hydrogens (tertiary/aromatic N) is 3. The number of benzene rings is 9. The highest BCUT2D eigenvalue weighted by Crippen LogP contribution is 2.42. The fraction of sp³-hybridized carbons (Fsp3) is 0. The van der Waals surface area contributed by atoms with Gasteiger partial charge in [-0.05, 0) is 22.3 Å². The van der Waals surface area contributed by atoms with Crippen LogP contribution in [0.1, 0.15) is 0 Å². The lowest BCUT2D eigenvalue weighted by Crippen LogP contribution is -2.00. The van der Waals surface area contributed by atoms with E-state index < -0.39 is 0 Å². The van der Waals surface area contributed by atoms with Crippen LogP contribution in [-0.4, -0.2) is 15.0 Å². The Balaban J connectivity index is 0.912. The molecule has 0 unspecified atom stereocenters. The molecule has 5 nitrogen and oxygen atoms in total. The topological polar surface area (TPSA) is 65.0 Å². The lowest BCUT2D eigenvalue weighted by Gasteiger charge is -2.10. The number of para-hydroxylation sites is 4. The molecule has 12 aromatic rings. The molecule has 5 heteroatoms. The van der Waals surface area contributed by atoms with Gasteiger partial charge in [0.15, 0.2) is 17.5 Å². The highest BCUT2D eigenvalue weighted by Gasteiger charge is 2.19. The van der Waals surface area contributed by atoms with Crippen LogP contribution in [0, 0.1) is 0 Å². The van der Waals surface area contributed by atoms with Crippen molar-refractivity contribution in [3.05, 3.63) is 212 Å². The Hall–Kier alpha value is -8.41. The number of furan rings is 2. The zero-order valence-electron chi connectivity index (χ0n) is 33.4. The van der Waals surface area contributed by atoms with Gasteiger partial charge in [0.25, 0.3) is 0 Å². The standard InChI is InChI=1S/C57H35N3O2/c1-4-14-36(15-5-1)43-20-10-24-47-49-26-12-22-45(53(49)61-51(43)47)38-28-32-41(33-29-38)56-58-55(40-18-8-3-9-19-40)59-57(60-56)42-34-30-39(31-35-42)46-23-13-27-50-48-25-11-21-44(52(48)62-54(46)50)37-16-6-2-7-17-37/h1-35H. The van der Waals surface area contributed by atoms with Crippen molar-refractivity contribution in [3.63, 3.8) is 0 Å². The second-order valence-corrected chi connectivity index (χ2v) is 15.5. The van der Waals surface area contributed by atoms with E-state index in [-0.39, 0.29) is 0 Å². The van der Waals surface area contributed by atoms with Crippen LogP contribution in [0.4, 0.5) is 0 Å². The molecule has 3 heterocycles. The molecule has 0 N–H and O–H groups in total. The molecule has 0 radical (unpaired) electrons. The Morgan fingerprint density at radius 3 is 0.758 bits per heavy atom. The number of fused-ring (bicyclic) bond motifs is 6. The van der Waals surface area contributed by atoms with E-state index in [9.17, 15) is 0 Å². The van der Waals surface area contributed by atoms with Crippen LogP contribution < -0.4 is 0 Å². The van der Waals surface area contributed by atoms with E-state index >= 15 is 0 Å². The summed E-state index contributed by atoms with van der Waals surface area (Å²) in [5.41, 5.74) is 14.8. The highest BCUT2D eigenvalue weighted by molar-refractivity contribution is 6.14. The summed E-state index contributed by atoms with van der Waals surface area (Å²) >= 11 is 0. The van der Waals surface area contributed by atoms with Gasteiger partial charge in [-0.25, -0.2) is 15.0 Å². The molecular weight excluding hydrogens is 759 g/mol. The van der Waals surface area contributed by atoms with Gasteiger partial charge in [0, 0.05) is 60.5 Å². The summed E-state index contributed by atoms with van der Waals surface area (Å²) in [6.45, 7) is 0. The maximum Gasteiger partial charge on any atom is 0.164 e. The molecule has 0 saturated heterocycles. The van der Waals surface area contributed by atoms with Crippen molar-refractivity contribution in [2.45, 2.75) is 0 Å². The monoisotopic (exact) mass is 793 g/mol. The summed E-state index contributed by atoms with van der Waals surface area (Å²) in [5, 5.41) is 4.38. The minimum absolute atomic E-state index is 0.597. The third-order valence-corrected chi connectivity index (χ3v) is 11.8. The normalized spacial score (nSPS) is 11.5. The number of aromatic nitrogens is 3. The van der Waals surface area contributed by atoms with E-state index in [2.05, 4.69) is 170 Å². The van der Waals surface area contributed by atoms with Gasteiger partial charge in [-0.2, -0.15) is 0 Å². The smallest absolute Gasteiger partial charge is 0.164 e. The Morgan fingerprint density at radius 2 is 0.452 bits per heavy atom. The van der Waals surface area contributed by atoms with Gasteiger partial charge in [0.1, 0.15) is 22.3 Å². The molecule has 0 fully saturated rings. The quantitative estimate of drug-likeness (QED) is 0.161. The van der Waals surface area contributed by atoms with Gasteiger partial charge in [-0.3, -0.25) is 0 Å². The van der Waals surface area contributed by atoms with Crippen molar-refractivity contribution in [2.75, 3.05) is 0 Å². The van der Waals surface area contributed by atoms with Crippen molar-refractivity contribution >= 4 is 43.9 Å². The zero-order chi connectivity index (χ0) is 41.0. The van der Waals surface area contributed by atoms with Gasteiger partial charge in [-0.15, -0.1) is 0 Å². The van der Waals surface area contributed by atoms with Gasteiger partial charge in [0.05, 0.1) is 0 Å². The Morgan fingerprint density at radius 1 is 0.210 bits per heavy atom. The molecule has 0 aliphatic carbocycles. The molecule has 9 aromatic carbocycles. The minimum Gasteiger partial charge on any atom is -0.455 e. The van der Waals surface area contributed by atoms with Crippen LogP contribution in [0.25, 0.3) is 123 Å².